The second-order valence-electron chi connectivity index (χ2n) is 5.83. The number of nitrogens with one attached hydrogen (secondary N) is 2. The molecule has 0 spiro atoms. The second-order valence-corrected chi connectivity index (χ2v) is 7.44. The molecule has 0 unspecified atom stereocenters. The summed E-state index contributed by atoms with van der Waals surface area (Å²) >= 11 is 13.6. The van der Waals surface area contributed by atoms with E-state index in [9.17, 15) is 0 Å². The molecule has 0 saturated heterocycles. The van der Waals surface area contributed by atoms with Crippen molar-refractivity contribution >= 4 is 46.4 Å². The van der Waals surface area contributed by atoms with E-state index in [0.29, 0.717) is 27.9 Å². The van der Waals surface area contributed by atoms with Gasteiger partial charge in [0, 0.05) is 18.0 Å². The molecular weight excluding hydrogens is 415 g/mol. The number of hydrogen-bond acceptors (Lipinski definition) is 5. The van der Waals surface area contributed by atoms with Crippen LogP contribution in [0.25, 0.3) is 16.9 Å². The van der Waals surface area contributed by atoms with Gasteiger partial charge >= 0.3 is 5.65 Å². The molecule has 0 atom stereocenters. The lowest BCUT2D eigenvalue weighted by atomic mass is 10.1. The summed E-state index contributed by atoms with van der Waals surface area (Å²) in [5, 5.41) is 18.6. The van der Waals surface area contributed by atoms with Crippen molar-refractivity contribution in [2.24, 2.45) is 0 Å². The number of thiocyanates is 1. The van der Waals surface area contributed by atoms with Gasteiger partial charge in [-0.2, -0.15) is 5.26 Å². The molecule has 0 aliphatic rings. The highest BCUT2D eigenvalue weighted by Crippen LogP contribution is 2.33. The van der Waals surface area contributed by atoms with Gasteiger partial charge in [0.05, 0.1) is 28.9 Å². The van der Waals surface area contributed by atoms with Gasteiger partial charge in [-0.1, -0.05) is 34.3 Å². The number of aromatic nitrogens is 4. The molecule has 0 aliphatic carbocycles. The average Bonchev–Trinajstić information content (AvgIpc) is 3.12. The minimum atomic E-state index is 0.436. The number of anilines is 1. The third kappa shape index (κ3) is 3.62. The number of aromatic amines is 1. The lowest BCUT2D eigenvalue weighted by Gasteiger charge is -2.06. The highest BCUT2D eigenvalue weighted by molar-refractivity contribution is 8.03. The van der Waals surface area contributed by atoms with Crippen molar-refractivity contribution in [3.8, 4) is 16.7 Å². The monoisotopic (exact) mass is 427 g/mol. The van der Waals surface area contributed by atoms with Crippen LogP contribution in [0.3, 0.4) is 0 Å². The fourth-order valence-electron chi connectivity index (χ4n) is 2.78. The summed E-state index contributed by atoms with van der Waals surface area (Å²) in [5.41, 5.74) is 3.08. The van der Waals surface area contributed by atoms with E-state index < -0.39 is 0 Å². The Kier molecular flexibility index (Phi) is 5.35. The van der Waals surface area contributed by atoms with Gasteiger partial charge in [-0.15, -0.1) is 4.52 Å². The van der Waals surface area contributed by atoms with Gasteiger partial charge in [0.2, 0.25) is 5.82 Å². The summed E-state index contributed by atoms with van der Waals surface area (Å²) in [6.07, 6.45) is 5.25. The first kappa shape index (κ1) is 18.6. The summed E-state index contributed by atoms with van der Waals surface area (Å²) in [4.78, 5) is 9.46. The highest BCUT2D eigenvalue weighted by atomic mass is 35.5. The number of pyridine rings is 1. The van der Waals surface area contributed by atoms with Crippen molar-refractivity contribution in [2.75, 3.05) is 5.32 Å². The van der Waals surface area contributed by atoms with Crippen molar-refractivity contribution in [3.05, 3.63) is 70.6 Å². The molecule has 4 rings (SSSR count). The van der Waals surface area contributed by atoms with Crippen LogP contribution in [0.15, 0.2) is 59.9 Å². The van der Waals surface area contributed by atoms with Crippen LogP contribution in [0.4, 0.5) is 5.82 Å². The van der Waals surface area contributed by atoms with Crippen LogP contribution in [0.2, 0.25) is 10.0 Å². The lowest BCUT2D eigenvalue weighted by molar-refractivity contribution is -0.564. The van der Waals surface area contributed by atoms with Crippen molar-refractivity contribution in [1.82, 2.24) is 15.1 Å². The Balaban J connectivity index is 1.83. The van der Waals surface area contributed by atoms with Gasteiger partial charge in [0.15, 0.2) is 5.69 Å². The predicted octanol–water partition coefficient (Wildman–Crippen LogP) is 4.70. The van der Waals surface area contributed by atoms with E-state index in [1.165, 1.54) is 0 Å². The molecule has 2 N–H and O–H groups in total. The summed E-state index contributed by atoms with van der Waals surface area (Å²) in [5.74, 6) is 0.776. The molecule has 0 radical (unpaired) electrons. The van der Waals surface area contributed by atoms with E-state index in [1.54, 1.807) is 29.2 Å². The Hall–Kier alpha value is -2.79. The van der Waals surface area contributed by atoms with Gasteiger partial charge in [-0.05, 0) is 41.6 Å². The van der Waals surface area contributed by atoms with Crippen molar-refractivity contribution in [3.63, 3.8) is 0 Å². The molecule has 0 aliphatic heterocycles. The molecule has 3 aromatic heterocycles. The summed E-state index contributed by atoms with van der Waals surface area (Å²) < 4.78 is 1.79. The molecule has 0 saturated carbocycles. The summed E-state index contributed by atoms with van der Waals surface area (Å²) in [6.45, 7) is 0.594. The number of nitriles is 1. The van der Waals surface area contributed by atoms with Crippen LogP contribution >= 0.6 is 35.0 Å². The molecule has 0 amide bonds. The Morgan fingerprint density at radius 2 is 2.04 bits per heavy atom. The quantitative estimate of drug-likeness (QED) is 0.274. The molecule has 28 heavy (non-hydrogen) atoms. The first-order chi connectivity index (χ1) is 13.7. The third-order valence-corrected chi connectivity index (χ3v) is 5.53. The number of halogens is 2. The van der Waals surface area contributed by atoms with Gasteiger partial charge in [-0.25, -0.2) is 5.10 Å². The topological polar surface area (TPSA) is 81.5 Å². The molecular formula is C19H13Cl2N6S+. The Labute approximate surface area is 175 Å². The minimum Gasteiger partial charge on any atom is -0.300 e. The zero-order valence-electron chi connectivity index (χ0n) is 14.4. The van der Waals surface area contributed by atoms with E-state index in [4.69, 9.17) is 33.4 Å². The molecule has 0 fully saturated rings. The van der Waals surface area contributed by atoms with Crippen LogP contribution in [0.1, 0.15) is 5.56 Å². The fourth-order valence-corrected chi connectivity index (χ4v) is 3.61. The van der Waals surface area contributed by atoms with E-state index in [1.807, 2.05) is 30.3 Å². The number of H-pyrrole nitrogens is 1. The standard InChI is InChI=1S/C19H12Cl2N6S/c20-14-3-1-2-13(18(14)21)15-8-17(24-9-12-4-6-23-7-5-12)27-19(26-15)16(10-25-27)28-11-22/h1-8,10H,9H2,(H,24,25,26)/p+1. The SMILES string of the molecule is N#CSc1c[nH][n+]2c(NCc3ccncc3)cc(-c3cccc(Cl)c3Cl)nc12. The molecule has 138 valence electrons. The highest BCUT2D eigenvalue weighted by Gasteiger charge is 2.21. The molecule has 0 bridgehead atoms. The number of hydrogen-bond donors (Lipinski definition) is 2. The number of fused-ring (bicyclic) bond motifs is 1. The van der Waals surface area contributed by atoms with Crippen LogP contribution in [0.5, 0.6) is 0 Å². The fraction of sp³-hybridized carbons (Fsp3) is 0.0526. The number of rotatable bonds is 5. The van der Waals surface area contributed by atoms with Crippen molar-refractivity contribution in [1.29, 1.82) is 5.26 Å². The molecule has 6 nitrogen and oxygen atoms in total. The summed E-state index contributed by atoms with van der Waals surface area (Å²) in [7, 11) is 0. The molecule has 3 heterocycles. The first-order valence-electron chi connectivity index (χ1n) is 8.24. The maximum Gasteiger partial charge on any atom is 0.301 e. The Morgan fingerprint density at radius 3 is 2.82 bits per heavy atom. The number of benzene rings is 1. The largest absolute Gasteiger partial charge is 0.301 e. The maximum absolute atomic E-state index is 9.09. The van der Waals surface area contributed by atoms with Crippen LogP contribution in [-0.2, 0) is 6.54 Å². The predicted molar refractivity (Wildman–Crippen MR) is 110 cm³/mol. The molecule has 4 aromatic rings. The zero-order valence-corrected chi connectivity index (χ0v) is 16.7. The maximum atomic E-state index is 9.09. The normalized spacial score (nSPS) is 10.8. The minimum absolute atomic E-state index is 0.436. The van der Waals surface area contributed by atoms with Gasteiger partial charge < -0.3 is 0 Å². The van der Waals surface area contributed by atoms with Crippen molar-refractivity contribution < 1.29 is 4.52 Å². The van der Waals surface area contributed by atoms with E-state index >= 15 is 0 Å². The zero-order chi connectivity index (χ0) is 19.5. The molecule has 9 heteroatoms. The van der Waals surface area contributed by atoms with Crippen molar-refractivity contribution in [2.45, 2.75) is 11.4 Å². The Bertz CT molecular complexity index is 1190. The van der Waals surface area contributed by atoms with Gasteiger partial charge in [0.1, 0.15) is 10.3 Å². The van der Waals surface area contributed by atoms with E-state index in [-0.39, 0.29) is 0 Å². The van der Waals surface area contributed by atoms with E-state index in [0.717, 1.165) is 33.6 Å². The number of thioether (sulfide) groups is 1. The third-order valence-electron chi connectivity index (χ3n) is 4.10. The van der Waals surface area contributed by atoms with Crippen LogP contribution in [0, 0.1) is 10.7 Å². The van der Waals surface area contributed by atoms with E-state index in [2.05, 4.69) is 20.8 Å². The van der Waals surface area contributed by atoms with Crippen LogP contribution < -0.4 is 9.83 Å². The number of nitrogens with zero attached hydrogens (tertiary/aromatic N) is 4. The average molecular weight is 428 g/mol. The smallest absolute Gasteiger partial charge is 0.300 e. The lowest BCUT2D eigenvalue weighted by Crippen LogP contribution is -2.29. The summed E-state index contributed by atoms with van der Waals surface area (Å²) in [6, 6.07) is 11.2. The van der Waals surface area contributed by atoms with Gasteiger partial charge in [-0.3, -0.25) is 10.3 Å². The molecule has 1 aromatic carbocycles. The second kappa shape index (κ2) is 8.07. The van der Waals surface area contributed by atoms with Crippen LogP contribution in [-0.4, -0.2) is 15.1 Å². The Morgan fingerprint density at radius 1 is 1.21 bits per heavy atom. The first-order valence-corrected chi connectivity index (χ1v) is 9.82. The van der Waals surface area contributed by atoms with Gasteiger partial charge in [0.25, 0.3) is 0 Å².